The summed E-state index contributed by atoms with van der Waals surface area (Å²) in [6.45, 7) is 7.62. The number of aliphatic hydroxyl groups excluding tert-OH is 1. The van der Waals surface area contributed by atoms with E-state index < -0.39 is 11.5 Å². The number of benzene rings is 1. The average Bonchev–Trinajstić information content (AvgIpc) is 3.44. The first-order chi connectivity index (χ1) is 22.6. The fourth-order valence-corrected chi connectivity index (χ4v) is 7.27. The van der Waals surface area contributed by atoms with Crippen LogP contribution in [0.25, 0.3) is 0 Å². The number of hydrogen-bond donors (Lipinski definition) is 4. The Morgan fingerprint density at radius 2 is 2.06 bits per heavy atom. The van der Waals surface area contributed by atoms with Crippen LogP contribution in [0.15, 0.2) is 24.3 Å². The number of carbonyl (C=O) groups is 2. The van der Waals surface area contributed by atoms with Gasteiger partial charge in [-0.05, 0) is 41.7 Å². The van der Waals surface area contributed by atoms with E-state index in [0.29, 0.717) is 38.1 Å². The number of nitriles is 1. The van der Waals surface area contributed by atoms with E-state index in [9.17, 15) is 20.0 Å². The highest BCUT2D eigenvalue weighted by atomic mass is 33.1. The van der Waals surface area contributed by atoms with Crippen molar-refractivity contribution in [2.24, 2.45) is 5.73 Å². The van der Waals surface area contributed by atoms with E-state index in [1.165, 1.54) is 21.6 Å². The summed E-state index contributed by atoms with van der Waals surface area (Å²) in [4.78, 5) is 24.4. The molecule has 1 aliphatic rings. The maximum absolute atomic E-state index is 12.2. The lowest BCUT2D eigenvalue weighted by atomic mass is 9.71. The molecule has 1 heterocycles. The van der Waals surface area contributed by atoms with Gasteiger partial charge in [-0.25, -0.2) is 0 Å². The van der Waals surface area contributed by atoms with Gasteiger partial charge in [0.25, 0.3) is 5.91 Å². The third-order valence-electron chi connectivity index (χ3n) is 5.96. The van der Waals surface area contributed by atoms with Crippen molar-refractivity contribution in [1.82, 2.24) is 10.6 Å². The molecule has 5 N–H and O–H groups in total. The minimum absolute atomic E-state index is 0.00201. The fourth-order valence-electron chi connectivity index (χ4n) is 3.88. The summed E-state index contributed by atoms with van der Waals surface area (Å²) in [5, 5.41) is 24.3. The number of nitrogens with zero attached hydrogens (tertiary/aromatic N) is 1. The van der Waals surface area contributed by atoms with Crippen LogP contribution in [0, 0.1) is 23.1 Å². The summed E-state index contributed by atoms with van der Waals surface area (Å²) in [5.74, 6) is 5.93. The number of nitrogens with one attached hydrogen (secondary N) is 2. The Bertz CT molecular complexity index is 1200. The Morgan fingerprint density at radius 3 is 2.77 bits per heavy atom. The molecule has 2 unspecified atom stereocenters. The van der Waals surface area contributed by atoms with E-state index in [2.05, 4.69) is 49.2 Å². The lowest BCUT2D eigenvalue weighted by Gasteiger charge is -2.22. The van der Waals surface area contributed by atoms with Crippen LogP contribution in [0.4, 0.5) is 0 Å². The lowest BCUT2D eigenvalue weighted by molar-refractivity contribution is -0.126. The topological polar surface area (TPSA) is 174 Å². The predicted octanol–water partition coefficient (Wildman–Crippen LogP) is 2.16. The number of amides is 2. The number of nitrogens with two attached hydrogens (primary N) is 1. The molecule has 2 amide bonds. The normalized spacial score (nSPS) is 18.7. The smallest absolute Gasteiger partial charge is 0.251 e. The van der Waals surface area contributed by atoms with Crippen LogP contribution < -0.4 is 21.1 Å². The van der Waals surface area contributed by atoms with Crippen LogP contribution in [-0.4, -0.2) is 117 Å². The second kappa shape index (κ2) is 23.6. The number of rotatable bonds is 21. The number of hydrogen-bond acceptors (Lipinski definition) is 14. The zero-order valence-electron chi connectivity index (χ0n) is 27.2. The largest absolute Gasteiger partial charge is 0.490 e. The summed E-state index contributed by atoms with van der Waals surface area (Å²) in [5.41, 5.74) is 4.99. The molecule has 260 valence electrons. The molecule has 0 aliphatic carbocycles. The maximum Gasteiger partial charge on any atom is 0.251 e. The summed E-state index contributed by atoms with van der Waals surface area (Å²) in [6, 6.07) is 8.79. The Hall–Kier alpha value is -1.77. The molecule has 12 nitrogen and oxygen atoms in total. The van der Waals surface area contributed by atoms with Crippen LogP contribution in [-0.2, 0) is 23.7 Å². The molecule has 0 aromatic heterocycles. The molecule has 1 aliphatic heterocycles. The van der Waals surface area contributed by atoms with Gasteiger partial charge in [-0.2, -0.15) is 11.1 Å². The monoisotopic (exact) mass is 728 g/mol. The SMILES string of the molecule is CSS[C@@H](C#N)O[C@@H]1C[C@H](BC#CCNC(=O)COCCOC(COc2cccc(C(=O)NCCN)c2)SSC(C)(C)C)OC1CO. The Morgan fingerprint density at radius 1 is 1.26 bits per heavy atom. The van der Waals surface area contributed by atoms with Gasteiger partial charge in [0.15, 0.2) is 5.44 Å². The van der Waals surface area contributed by atoms with Crippen LogP contribution in [0.5, 0.6) is 5.75 Å². The first kappa shape index (κ1) is 41.4. The molecule has 0 radical (unpaired) electrons. The Kier molecular flexibility index (Phi) is 20.8. The third kappa shape index (κ3) is 18.0. The molecule has 2 rings (SSSR count). The van der Waals surface area contributed by atoms with Crippen molar-refractivity contribution in [3.8, 4) is 23.6 Å². The van der Waals surface area contributed by atoms with Crippen molar-refractivity contribution in [2.75, 3.05) is 58.9 Å². The molecular formula is C30H45BN4O8S4. The zero-order valence-corrected chi connectivity index (χ0v) is 30.5. The zero-order chi connectivity index (χ0) is 34.5. The molecule has 0 bridgehead atoms. The predicted molar refractivity (Wildman–Crippen MR) is 192 cm³/mol. The van der Waals surface area contributed by atoms with E-state index in [0.717, 1.165) is 0 Å². The summed E-state index contributed by atoms with van der Waals surface area (Å²) < 4.78 is 29.0. The van der Waals surface area contributed by atoms with Crippen LogP contribution in [0.3, 0.4) is 0 Å². The highest BCUT2D eigenvalue weighted by Crippen LogP contribution is 2.38. The number of aliphatic hydroxyl groups is 1. The van der Waals surface area contributed by atoms with E-state index in [1.54, 1.807) is 45.9 Å². The molecule has 1 fully saturated rings. The van der Waals surface area contributed by atoms with Crippen molar-refractivity contribution in [3.05, 3.63) is 29.8 Å². The minimum Gasteiger partial charge on any atom is -0.490 e. The molecule has 1 saturated heterocycles. The first-order valence-corrected chi connectivity index (χ1v) is 19.9. The van der Waals surface area contributed by atoms with Crippen molar-refractivity contribution >= 4 is 62.3 Å². The molecule has 47 heavy (non-hydrogen) atoms. The van der Waals surface area contributed by atoms with Gasteiger partial charge in [0.05, 0.1) is 32.5 Å². The van der Waals surface area contributed by atoms with Gasteiger partial charge in [0, 0.05) is 29.4 Å². The van der Waals surface area contributed by atoms with Crippen LogP contribution in [0.1, 0.15) is 37.6 Å². The highest BCUT2D eigenvalue weighted by Gasteiger charge is 2.37. The van der Waals surface area contributed by atoms with Gasteiger partial charge in [0.1, 0.15) is 36.6 Å². The van der Waals surface area contributed by atoms with Crippen molar-refractivity contribution in [2.45, 2.75) is 61.0 Å². The van der Waals surface area contributed by atoms with Gasteiger partial charge >= 0.3 is 0 Å². The third-order valence-corrected chi connectivity index (χ3v) is 11.2. The van der Waals surface area contributed by atoms with Crippen molar-refractivity contribution in [3.63, 3.8) is 0 Å². The average molecular weight is 729 g/mol. The van der Waals surface area contributed by atoms with E-state index in [4.69, 9.17) is 29.4 Å². The molecule has 0 spiro atoms. The van der Waals surface area contributed by atoms with E-state index in [-0.39, 0.29) is 73.7 Å². The molecule has 1 aromatic carbocycles. The van der Waals surface area contributed by atoms with Gasteiger partial charge in [-0.3, -0.25) is 9.59 Å². The number of ether oxygens (including phenoxy) is 5. The standard InChI is InChI=1S/C30H45BN4O8S4/c1-30(2,3)47-46-28(20-41-22-8-5-7-21(15-22)29(38)35-12-10-32)40-14-13-39-19-26(37)34-11-6-9-31-25-16-23(24(18-36)42-25)43-27(17-33)45-44-4/h5,7-8,15,23-25,27-28,31,36H,10-14,16,18-20,32H2,1-4H3,(H,34,37)(H,35,38)/t23-,24?,25-,27+,28?/m1/s1. The minimum atomic E-state index is -0.638. The van der Waals surface area contributed by atoms with Crippen LogP contribution >= 0.6 is 43.2 Å². The first-order valence-electron chi connectivity index (χ1n) is 15.1. The molecule has 0 saturated carbocycles. The summed E-state index contributed by atoms with van der Waals surface area (Å²) in [7, 11) is 6.38. The van der Waals surface area contributed by atoms with E-state index >= 15 is 0 Å². The molecular weight excluding hydrogens is 683 g/mol. The lowest BCUT2D eigenvalue weighted by Crippen LogP contribution is -2.30. The quantitative estimate of drug-likeness (QED) is 0.0477. The van der Waals surface area contributed by atoms with Crippen molar-refractivity contribution in [1.29, 1.82) is 5.26 Å². The highest BCUT2D eigenvalue weighted by molar-refractivity contribution is 8.77. The fraction of sp³-hybridized carbons (Fsp3) is 0.633. The van der Waals surface area contributed by atoms with E-state index in [1.807, 2.05) is 6.26 Å². The van der Waals surface area contributed by atoms with Gasteiger partial charge in [-0.1, -0.05) is 65.1 Å². The number of carbonyl (C=O) groups excluding carboxylic acids is 2. The van der Waals surface area contributed by atoms with Gasteiger partial charge in [-0.15, -0.1) is 0 Å². The summed E-state index contributed by atoms with van der Waals surface area (Å²) >= 11 is 0. The van der Waals surface area contributed by atoms with Gasteiger partial charge in [0.2, 0.25) is 13.2 Å². The molecule has 1 aromatic rings. The second-order valence-electron chi connectivity index (χ2n) is 11.0. The van der Waals surface area contributed by atoms with Crippen LogP contribution in [0.2, 0.25) is 0 Å². The maximum atomic E-state index is 12.2. The molecule has 17 heteroatoms. The Balaban J connectivity index is 1.69. The van der Waals surface area contributed by atoms with Crippen molar-refractivity contribution < 1.29 is 38.4 Å². The summed E-state index contributed by atoms with van der Waals surface area (Å²) in [6.07, 6.45) is 1.51. The van der Waals surface area contributed by atoms with Gasteiger partial charge < -0.3 is 45.2 Å². The Labute approximate surface area is 294 Å². The molecule has 5 atom stereocenters. The second-order valence-corrected chi connectivity index (χ2v) is 16.7.